The number of anilines is 2. The summed E-state index contributed by atoms with van der Waals surface area (Å²) in [6, 6.07) is 3.86. The van der Waals surface area contributed by atoms with Crippen LogP contribution in [-0.2, 0) is 7.05 Å². The van der Waals surface area contributed by atoms with Crippen molar-refractivity contribution < 1.29 is 19.1 Å². The molecule has 8 heteroatoms. The largest absolute Gasteiger partial charge is 0.478 e. The summed E-state index contributed by atoms with van der Waals surface area (Å²) in [5, 5.41) is 17.5. The number of aromatic carboxylic acids is 1. The highest BCUT2D eigenvalue weighted by Crippen LogP contribution is 2.17. The Morgan fingerprint density at radius 2 is 2.05 bits per heavy atom. The molecule has 0 aliphatic heterocycles. The normalized spacial score (nSPS) is 10.1. The van der Waals surface area contributed by atoms with E-state index in [4.69, 9.17) is 5.11 Å². The van der Waals surface area contributed by atoms with Crippen LogP contribution in [0.25, 0.3) is 0 Å². The average Bonchev–Trinajstić information content (AvgIpc) is 2.74. The Bertz CT molecular complexity index is 668. The molecular weight excluding hydrogens is 267 g/mol. The van der Waals surface area contributed by atoms with Crippen molar-refractivity contribution in [3.05, 3.63) is 41.8 Å². The van der Waals surface area contributed by atoms with Gasteiger partial charge in [-0.15, -0.1) is 0 Å². The molecule has 0 fully saturated rings. The van der Waals surface area contributed by atoms with Gasteiger partial charge in [-0.25, -0.2) is 14.0 Å². The third-order valence-corrected chi connectivity index (χ3v) is 2.42. The molecule has 2 amide bonds. The second kappa shape index (κ2) is 5.39. The molecule has 1 heterocycles. The molecule has 0 aliphatic rings. The summed E-state index contributed by atoms with van der Waals surface area (Å²) in [5.41, 5.74) is -0.339. The van der Waals surface area contributed by atoms with Crippen molar-refractivity contribution in [2.45, 2.75) is 0 Å². The van der Waals surface area contributed by atoms with Gasteiger partial charge in [0.25, 0.3) is 0 Å². The van der Waals surface area contributed by atoms with Gasteiger partial charge in [-0.1, -0.05) is 0 Å². The number of carbonyl (C=O) groups excluding carboxylic acids is 1. The zero-order chi connectivity index (χ0) is 14.7. The first kappa shape index (κ1) is 13.5. The van der Waals surface area contributed by atoms with E-state index in [9.17, 15) is 14.0 Å². The Kier molecular flexibility index (Phi) is 3.65. The van der Waals surface area contributed by atoms with Gasteiger partial charge in [-0.2, -0.15) is 5.10 Å². The number of hydrogen-bond donors (Lipinski definition) is 3. The van der Waals surface area contributed by atoms with E-state index in [2.05, 4.69) is 15.7 Å². The quantitative estimate of drug-likeness (QED) is 0.798. The fourth-order valence-electron chi connectivity index (χ4n) is 1.56. The molecule has 0 saturated carbocycles. The number of amides is 2. The van der Waals surface area contributed by atoms with E-state index in [0.29, 0.717) is 5.82 Å². The number of aromatic nitrogens is 2. The van der Waals surface area contributed by atoms with Gasteiger partial charge in [0, 0.05) is 19.3 Å². The summed E-state index contributed by atoms with van der Waals surface area (Å²) >= 11 is 0. The third-order valence-electron chi connectivity index (χ3n) is 2.42. The van der Waals surface area contributed by atoms with Crippen LogP contribution in [-0.4, -0.2) is 26.9 Å². The summed E-state index contributed by atoms with van der Waals surface area (Å²) in [4.78, 5) is 22.7. The maximum atomic E-state index is 13.1. The van der Waals surface area contributed by atoms with E-state index in [1.54, 1.807) is 19.3 Å². The van der Waals surface area contributed by atoms with Crippen LogP contribution in [0, 0.1) is 5.82 Å². The van der Waals surface area contributed by atoms with Crippen LogP contribution in [0.3, 0.4) is 0 Å². The number of carbonyl (C=O) groups is 2. The van der Waals surface area contributed by atoms with Crippen LogP contribution >= 0.6 is 0 Å². The molecule has 0 unspecified atom stereocenters. The molecule has 2 rings (SSSR count). The Morgan fingerprint density at radius 1 is 1.30 bits per heavy atom. The lowest BCUT2D eigenvalue weighted by molar-refractivity contribution is 0.0698. The van der Waals surface area contributed by atoms with E-state index in [1.165, 1.54) is 4.68 Å². The molecule has 104 valence electrons. The van der Waals surface area contributed by atoms with Gasteiger partial charge < -0.3 is 10.4 Å². The molecule has 1 aromatic carbocycles. The predicted octanol–water partition coefficient (Wildman–Crippen LogP) is 1.90. The topological polar surface area (TPSA) is 96.2 Å². The summed E-state index contributed by atoms with van der Waals surface area (Å²) in [5.74, 6) is -1.63. The second-order valence-corrected chi connectivity index (χ2v) is 3.95. The SMILES string of the molecule is Cn1ccc(NC(=O)Nc2cc(F)ccc2C(=O)O)n1. The Hall–Kier alpha value is -2.90. The Labute approximate surface area is 113 Å². The number of nitrogens with one attached hydrogen (secondary N) is 2. The van der Waals surface area contributed by atoms with E-state index >= 15 is 0 Å². The zero-order valence-corrected chi connectivity index (χ0v) is 10.4. The van der Waals surface area contributed by atoms with Crippen LogP contribution in [0.1, 0.15) is 10.4 Å². The van der Waals surface area contributed by atoms with Gasteiger partial charge in [0.05, 0.1) is 11.3 Å². The highest BCUT2D eigenvalue weighted by atomic mass is 19.1. The van der Waals surface area contributed by atoms with Crippen LogP contribution in [0.4, 0.5) is 20.7 Å². The van der Waals surface area contributed by atoms with Crippen molar-refractivity contribution in [1.82, 2.24) is 9.78 Å². The molecular formula is C12H11FN4O3. The van der Waals surface area contributed by atoms with Gasteiger partial charge in [-0.3, -0.25) is 10.00 Å². The average molecular weight is 278 g/mol. The third kappa shape index (κ3) is 3.10. The molecule has 0 saturated heterocycles. The van der Waals surface area contributed by atoms with Crippen molar-refractivity contribution in [1.29, 1.82) is 0 Å². The maximum Gasteiger partial charge on any atom is 0.337 e. The van der Waals surface area contributed by atoms with Crippen molar-refractivity contribution in [3.63, 3.8) is 0 Å². The number of benzene rings is 1. The fourth-order valence-corrected chi connectivity index (χ4v) is 1.56. The minimum absolute atomic E-state index is 0.133. The Balaban J connectivity index is 2.15. The maximum absolute atomic E-state index is 13.1. The summed E-state index contributed by atoms with van der Waals surface area (Å²) < 4.78 is 14.6. The number of rotatable bonds is 3. The van der Waals surface area contributed by atoms with Gasteiger partial charge in [0.1, 0.15) is 5.82 Å². The second-order valence-electron chi connectivity index (χ2n) is 3.95. The molecule has 0 atom stereocenters. The molecule has 3 N–H and O–H groups in total. The van der Waals surface area contributed by atoms with E-state index < -0.39 is 17.8 Å². The standard InChI is InChI=1S/C12H11FN4O3/c1-17-5-4-10(16-17)15-12(20)14-9-6-7(13)2-3-8(9)11(18)19/h2-6H,1H3,(H,18,19)(H2,14,15,16,20). The minimum atomic E-state index is -1.27. The minimum Gasteiger partial charge on any atom is -0.478 e. The molecule has 0 aliphatic carbocycles. The number of nitrogens with zero attached hydrogens (tertiary/aromatic N) is 2. The molecule has 0 bridgehead atoms. The van der Waals surface area contributed by atoms with Gasteiger partial charge >= 0.3 is 12.0 Å². The molecule has 0 spiro atoms. The van der Waals surface area contributed by atoms with E-state index in [0.717, 1.165) is 18.2 Å². The molecule has 0 radical (unpaired) electrons. The van der Waals surface area contributed by atoms with Gasteiger partial charge in [0.15, 0.2) is 5.82 Å². The first-order valence-corrected chi connectivity index (χ1v) is 5.56. The number of halogens is 1. The van der Waals surface area contributed by atoms with E-state index in [1.807, 2.05) is 0 Å². The number of carboxylic acid groups (broad SMARTS) is 1. The lowest BCUT2D eigenvalue weighted by Crippen LogP contribution is -2.21. The zero-order valence-electron chi connectivity index (χ0n) is 10.4. The van der Waals surface area contributed by atoms with Crippen molar-refractivity contribution >= 4 is 23.5 Å². The highest BCUT2D eigenvalue weighted by Gasteiger charge is 2.14. The van der Waals surface area contributed by atoms with Crippen molar-refractivity contribution in [2.75, 3.05) is 10.6 Å². The lowest BCUT2D eigenvalue weighted by Gasteiger charge is -2.08. The molecule has 20 heavy (non-hydrogen) atoms. The summed E-state index contributed by atoms with van der Waals surface area (Å²) in [6.45, 7) is 0. The first-order valence-electron chi connectivity index (χ1n) is 5.56. The van der Waals surface area contributed by atoms with Gasteiger partial charge in [-0.05, 0) is 18.2 Å². The van der Waals surface area contributed by atoms with Crippen LogP contribution in [0.15, 0.2) is 30.5 Å². The number of aryl methyl sites for hydroxylation is 1. The fraction of sp³-hybridized carbons (Fsp3) is 0.0833. The summed E-state index contributed by atoms with van der Waals surface area (Å²) in [6.07, 6.45) is 1.63. The molecule has 7 nitrogen and oxygen atoms in total. The van der Waals surface area contributed by atoms with E-state index in [-0.39, 0.29) is 11.3 Å². The smallest absolute Gasteiger partial charge is 0.337 e. The van der Waals surface area contributed by atoms with Crippen molar-refractivity contribution in [3.8, 4) is 0 Å². The number of urea groups is 1. The predicted molar refractivity (Wildman–Crippen MR) is 69.2 cm³/mol. The number of carboxylic acids is 1. The Morgan fingerprint density at radius 3 is 2.65 bits per heavy atom. The monoisotopic (exact) mass is 278 g/mol. The summed E-state index contributed by atoms with van der Waals surface area (Å²) in [7, 11) is 1.68. The number of hydrogen-bond acceptors (Lipinski definition) is 3. The highest BCUT2D eigenvalue weighted by molar-refractivity contribution is 6.04. The van der Waals surface area contributed by atoms with Crippen molar-refractivity contribution in [2.24, 2.45) is 7.05 Å². The van der Waals surface area contributed by atoms with Crippen LogP contribution in [0.5, 0.6) is 0 Å². The molecule has 2 aromatic rings. The first-order chi connectivity index (χ1) is 9.45. The molecule has 1 aromatic heterocycles. The van der Waals surface area contributed by atoms with Gasteiger partial charge in [0.2, 0.25) is 0 Å². The van der Waals surface area contributed by atoms with Crippen LogP contribution < -0.4 is 10.6 Å². The van der Waals surface area contributed by atoms with Crippen LogP contribution in [0.2, 0.25) is 0 Å². The lowest BCUT2D eigenvalue weighted by atomic mass is 10.2.